The van der Waals surface area contributed by atoms with Crippen LogP contribution in [0.4, 0.5) is 0 Å². The Bertz CT molecular complexity index is 957. The molecule has 2 aromatic heterocycles. The number of Topliss-reactive ketones (excluding diaryl/α,β-unsaturated/α-hetero) is 1. The molecule has 0 spiro atoms. The van der Waals surface area contributed by atoms with E-state index in [0.29, 0.717) is 22.1 Å². The molecule has 0 saturated heterocycles. The van der Waals surface area contributed by atoms with Gasteiger partial charge in [0.1, 0.15) is 12.4 Å². The number of ketones is 1. The van der Waals surface area contributed by atoms with Crippen LogP contribution in [0.2, 0.25) is 0 Å². The van der Waals surface area contributed by atoms with Crippen LogP contribution in [0.5, 0.6) is 11.5 Å². The van der Waals surface area contributed by atoms with Crippen LogP contribution in [0, 0.1) is 13.8 Å². The fourth-order valence-corrected chi connectivity index (χ4v) is 3.15. The number of nitrogens with zero attached hydrogens (tertiary/aromatic N) is 1. The first kappa shape index (κ1) is 19.6. The molecule has 0 amide bonds. The van der Waals surface area contributed by atoms with E-state index in [4.69, 9.17) is 18.7 Å². The number of ether oxygens (including phenoxy) is 3. The van der Waals surface area contributed by atoms with E-state index in [-0.39, 0.29) is 24.6 Å². The van der Waals surface area contributed by atoms with Gasteiger partial charge in [0, 0.05) is 0 Å². The summed E-state index contributed by atoms with van der Waals surface area (Å²) in [4.78, 5) is 24.7. The molecule has 0 radical (unpaired) electrons. The first-order valence-electron chi connectivity index (χ1n) is 8.46. The van der Waals surface area contributed by atoms with E-state index in [1.807, 2.05) is 13.8 Å². The minimum atomic E-state index is -0.611. The lowest BCUT2D eigenvalue weighted by molar-refractivity contribution is 0.0475. The first-order chi connectivity index (χ1) is 13.5. The summed E-state index contributed by atoms with van der Waals surface area (Å²) in [5, 5.41) is 5.68. The van der Waals surface area contributed by atoms with Crippen LogP contribution in [-0.4, -0.2) is 30.6 Å². The topological polar surface area (TPSA) is 87.9 Å². The van der Waals surface area contributed by atoms with Crippen molar-refractivity contribution in [2.45, 2.75) is 20.5 Å². The Morgan fingerprint density at radius 3 is 2.64 bits per heavy atom. The fourth-order valence-electron chi connectivity index (χ4n) is 2.49. The molecule has 0 bridgehead atoms. The van der Waals surface area contributed by atoms with Crippen LogP contribution in [0.15, 0.2) is 40.2 Å². The third-order valence-corrected chi connectivity index (χ3v) is 4.99. The zero-order valence-corrected chi connectivity index (χ0v) is 16.5. The number of methoxy groups -OCH3 is 1. The molecular weight excluding hydrogens is 382 g/mol. The summed E-state index contributed by atoms with van der Waals surface area (Å²) in [6.45, 7) is 3.60. The van der Waals surface area contributed by atoms with Crippen LogP contribution >= 0.6 is 11.3 Å². The van der Waals surface area contributed by atoms with Gasteiger partial charge >= 0.3 is 5.97 Å². The quantitative estimate of drug-likeness (QED) is 0.417. The van der Waals surface area contributed by atoms with Gasteiger partial charge in [-0.2, -0.15) is 0 Å². The van der Waals surface area contributed by atoms with Crippen LogP contribution < -0.4 is 9.47 Å². The number of rotatable bonds is 8. The maximum absolute atomic E-state index is 12.2. The molecule has 0 unspecified atom stereocenters. The highest BCUT2D eigenvalue weighted by Gasteiger charge is 2.16. The summed E-state index contributed by atoms with van der Waals surface area (Å²) in [5.74, 6) is 0.682. The monoisotopic (exact) mass is 401 g/mol. The standard InChI is InChI=1S/C20H19NO6S/c1-12-15(13(2)27-21-12)10-25-17-7-6-14(9-18(17)24-3)20(23)26-11-16(22)19-5-4-8-28-19/h4-9H,10-11H2,1-3H3. The second-order valence-corrected chi connectivity index (χ2v) is 6.88. The average Bonchev–Trinajstić information content (AvgIpc) is 3.35. The Morgan fingerprint density at radius 2 is 2.00 bits per heavy atom. The molecule has 146 valence electrons. The van der Waals surface area contributed by atoms with Crippen molar-refractivity contribution >= 4 is 23.1 Å². The van der Waals surface area contributed by atoms with Gasteiger partial charge in [0.15, 0.2) is 18.1 Å². The largest absolute Gasteiger partial charge is 0.493 e. The van der Waals surface area contributed by atoms with Gasteiger partial charge in [-0.15, -0.1) is 11.3 Å². The van der Waals surface area contributed by atoms with Crippen LogP contribution in [0.1, 0.15) is 37.0 Å². The third kappa shape index (κ3) is 4.40. The van der Waals surface area contributed by atoms with Crippen molar-refractivity contribution in [3.8, 4) is 11.5 Å². The van der Waals surface area contributed by atoms with E-state index in [1.165, 1.54) is 24.5 Å². The molecule has 3 rings (SSSR count). The SMILES string of the molecule is COc1cc(C(=O)OCC(=O)c2cccs2)ccc1OCc1c(C)noc1C. The van der Waals surface area contributed by atoms with E-state index < -0.39 is 5.97 Å². The van der Waals surface area contributed by atoms with E-state index in [1.54, 1.807) is 29.6 Å². The van der Waals surface area contributed by atoms with Crippen LogP contribution in [0.3, 0.4) is 0 Å². The molecule has 7 nitrogen and oxygen atoms in total. The molecule has 0 aliphatic heterocycles. The van der Waals surface area contributed by atoms with Crippen molar-refractivity contribution < 1.29 is 28.3 Å². The average molecular weight is 401 g/mol. The summed E-state index contributed by atoms with van der Waals surface area (Å²) >= 11 is 1.30. The highest BCUT2D eigenvalue weighted by atomic mass is 32.1. The highest BCUT2D eigenvalue weighted by molar-refractivity contribution is 7.12. The Labute approximate surface area is 165 Å². The smallest absolute Gasteiger partial charge is 0.338 e. The van der Waals surface area contributed by atoms with Crippen molar-refractivity contribution in [1.29, 1.82) is 0 Å². The minimum Gasteiger partial charge on any atom is -0.493 e. The maximum Gasteiger partial charge on any atom is 0.338 e. The lowest BCUT2D eigenvalue weighted by Crippen LogP contribution is -2.13. The molecule has 3 aromatic rings. The van der Waals surface area contributed by atoms with Crippen LogP contribution in [-0.2, 0) is 11.3 Å². The van der Waals surface area contributed by atoms with Gasteiger partial charge in [0.25, 0.3) is 0 Å². The number of esters is 1. The van der Waals surface area contributed by atoms with E-state index in [0.717, 1.165) is 11.3 Å². The molecular formula is C20H19NO6S. The van der Waals surface area contributed by atoms with Gasteiger partial charge < -0.3 is 18.7 Å². The maximum atomic E-state index is 12.2. The van der Waals surface area contributed by atoms with Gasteiger partial charge in [0.2, 0.25) is 5.78 Å². The Kier molecular flexibility index (Phi) is 6.10. The number of benzene rings is 1. The molecule has 0 fully saturated rings. The van der Waals surface area contributed by atoms with Gasteiger partial charge in [-0.25, -0.2) is 4.79 Å². The predicted octanol–water partition coefficient (Wildman–Crippen LogP) is 3.98. The lowest BCUT2D eigenvalue weighted by atomic mass is 10.2. The summed E-state index contributed by atoms with van der Waals surface area (Å²) in [7, 11) is 1.48. The van der Waals surface area contributed by atoms with Crippen molar-refractivity contribution in [2.75, 3.05) is 13.7 Å². The first-order valence-corrected chi connectivity index (χ1v) is 9.34. The Balaban J connectivity index is 1.65. The Hall–Kier alpha value is -3.13. The van der Waals surface area contributed by atoms with Crippen molar-refractivity contribution in [3.63, 3.8) is 0 Å². The van der Waals surface area contributed by atoms with Crippen molar-refractivity contribution in [2.24, 2.45) is 0 Å². The van der Waals surface area contributed by atoms with Crippen molar-refractivity contribution in [3.05, 3.63) is 63.2 Å². The number of carbonyl (C=O) groups excluding carboxylic acids is 2. The van der Waals surface area contributed by atoms with E-state index >= 15 is 0 Å². The highest BCUT2D eigenvalue weighted by Crippen LogP contribution is 2.30. The molecule has 8 heteroatoms. The summed E-state index contributed by atoms with van der Waals surface area (Å²) in [6.07, 6.45) is 0. The summed E-state index contributed by atoms with van der Waals surface area (Å²) < 4.78 is 21.3. The summed E-state index contributed by atoms with van der Waals surface area (Å²) in [6, 6.07) is 8.15. The normalized spacial score (nSPS) is 10.5. The zero-order valence-electron chi connectivity index (χ0n) is 15.7. The van der Waals surface area contributed by atoms with E-state index in [9.17, 15) is 9.59 Å². The lowest BCUT2D eigenvalue weighted by Gasteiger charge is -2.12. The molecule has 1 aromatic carbocycles. The zero-order chi connectivity index (χ0) is 20.1. The number of thiophene rings is 1. The van der Waals surface area contributed by atoms with Gasteiger partial charge in [0.05, 0.1) is 28.8 Å². The number of hydrogen-bond donors (Lipinski definition) is 0. The third-order valence-electron chi connectivity index (χ3n) is 4.08. The number of aryl methyl sites for hydroxylation is 2. The molecule has 0 atom stereocenters. The second kappa shape index (κ2) is 8.71. The van der Waals surface area contributed by atoms with Gasteiger partial charge in [-0.3, -0.25) is 4.79 Å². The van der Waals surface area contributed by atoms with Crippen molar-refractivity contribution in [1.82, 2.24) is 5.16 Å². The predicted molar refractivity (Wildman–Crippen MR) is 102 cm³/mol. The molecule has 0 N–H and O–H groups in total. The van der Waals surface area contributed by atoms with E-state index in [2.05, 4.69) is 5.16 Å². The molecule has 0 aliphatic rings. The molecule has 2 heterocycles. The fraction of sp³-hybridized carbons (Fsp3) is 0.250. The molecule has 0 saturated carbocycles. The van der Waals surface area contributed by atoms with Gasteiger partial charge in [-0.05, 0) is 43.5 Å². The second-order valence-electron chi connectivity index (χ2n) is 5.93. The molecule has 0 aliphatic carbocycles. The summed E-state index contributed by atoms with van der Waals surface area (Å²) in [5.41, 5.74) is 1.88. The number of aromatic nitrogens is 1. The molecule has 28 heavy (non-hydrogen) atoms. The van der Waals surface area contributed by atoms with Crippen LogP contribution in [0.25, 0.3) is 0 Å². The Morgan fingerprint density at radius 1 is 1.18 bits per heavy atom. The number of carbonyl (C=O) groups is 2. The van der Waals surface area contributed by atoms with Gasteiger partial charge in [-0.1, -0.05) is 11.2 Å². The minimum absolute atomic E-state index is 0.241. The number of hydrogen-bond acceptors (Lipinski definition) is 8.